The molecule has 6 heteroatoms. The van der Waals surface area contributed by atoms with E-state index in [9.17, 15) is 9.59 Å². The van der Waals surface area contributed by atoms with Gasteiger partial charge in [-0.2, -0.15) is 9.78 Å². The SMILES string of the molecule is O=C(c1ccc(=O)n(-c2ccccc2)n1)N(CC1CCCCC1)c1ccccn1. The normalized spacial score (nSPS) is 14.5. The van der Waals surface area contributed by atoms with Gasteiger partial charge in [-0.05, 0) is 49.1 Å². The van der Waals surface area contributed by atoms with E-state index in [-0.39, 0.29) is 17.2 Å². The van der Waals surface area contributed by atoms with Crippen LogP contribution in [0.3, 0.4) is 0 Å². The van der Waals surface area contributed by atoms with Crippen molar-refractivity contribution < 1.29 is 4.79 Å². The first-order chi connectivity index (χ1) is 14.2. The number of hydrogen-bond acceptors (Lipinski definition) is 4. The van der Waals surface area contributed by atoms with Crippen molar-refractivity contribution in [2.75, 3.05) is 11.4 Å². The van der Waals surface area contributed by atoms with E-state index in [1.54, 1.807) is 23.2 Å². The molecular weight excluding hydrogens is 364 g/mol. The number of nitrogens with zero attached hydrogens (tertiary/aromatic N) is 4. The Morgan fingerprint density at radius 1 is 0.966 bits per heavy atom. The Labute approximate surface area is 169 Å². The topological polar surface area (TPSA) is 68.1 Å². The Bertz CT molecular complexity index is 1010. The summed E-state index contributed by atoms with van der Waals surface area (Å²) in [4.78, 5) is 31.8. The maximum atomic E-state index is 13.4. The first-order valence-corrected chi connectivity index (χ1v) is 10.1. The van der Waals surface area contributed by atoms with Crippen molar-refractivity contribution in [3.05, 3.63) is 82.9 Å². The first-order valence-electron chi connectivity index (χ1n) is 10.1. The molecule has 0 aliphatic heterocycles. The highest BCUT2D eigenvalue weighted by Gasteiger charge is 2.25. The van der Waals surface area contributed by atoms with Gasteiger partial charge in [-0.25, -0.2) is 4.98 Å². The van der Waals surface area contributed by atoms with E-state index in [4.69, 9.17) is 0 Å². The van der Waals surface area contributed by atoms with E-state index >= 15 is 0 Å². The fourth-order valence-electron chi connectivity index (χ4n) is 3.84. The second-order valence-electron chi connectivity index (χ2n) is 7.41. The minimum atomic E-state index is -0.274. The van der Waals surface area contributed by atoms with Crippen LogP contribution in [0.5, 0.6) is 0 Å². The smallest absolute Gasteiger partial charge is 0.279 e. The summed E-state index contributed by atoms with van der Waals surface area (Å²) in [7, 11) is 0. The molecule has 4 rings (SSSR count). The van der Waals surface area contributed by atoms with Crippen molar-refractivity contribution in [1.82, 2.24) is 14.8 Å². The molecule has 1 amide bonds. The van der Waals surface area contributed by atoms with Gasteiger partial charge < -0.3 is 0 Å². The van der Waals surface area contributed by atoms with Gasteiger partial charge in [0.1, 0.15) is 11.5 Å². The van der Waals surface area contributed by atoms with Crippen molar-refractivity contribution in [2.45, 2.75) is 32.1 Å². The summed E-state index contributed by atoms with van der Waals surface area (Å²) in [5, 5.41) is 4.37. The van der Waals surface area contributed by atoms with Gasteiger partial charge in [0.2, 0.25) is 0 Å². The number of carbonyl (C=O) groups is 1. The van der Waals surface area contributed by atoms with Crippen molar-refractivity contribution in [1.29, 1.82) is 0 Å². The number of pyridine rings is 1. The minimum absolute atomic E-state index is 0.231. The van der Waals surface area contributed by atoms with Crippen LogP contribution >= 0.6 is 0 Å². The minimum Gasteiger partial charge on any atom is -0.291 e. The second-order valence-corrected chi connectivity index (χ2v) is 7.41. The third-order valence-corrected chi connectivity index (χ3v) is 5.36. The number of anilines is 1. The zero-order chi connectivity index (χ0) is 20.1. The number of para-hydroxylation sites is 1. The number of hydrogen-bond donors (Lipinski definition) is 0. The lowest BCUT2D eigenvalue weighted by Gasteiger charge is -2.29. The van der Waals surface area contributed by atoms with E-state index in [0.717, 1.165) is 12.8 Å². The van der Waals surface area contributed by atoms with Crippen LogP contribution in [0.4, 0.5) is 5.82 Å². The summed E-state index contributed by atoms with van der Waals surface area (Å²) >= 11 is 0. The van der Waals surface area contributed by atoms with Crippen molar-refractivity contribution in [3.63, 3.8) is 0 Å². The third kappa shape index (κ3) is 4.42. The summed E-state index contributed by atoms with van der Waals surface area (Å²) < 4.78 is 1.27. The van der Waals surface area contributed by atoms with Crippen molar-refractivity contribution in [2.24, 2.45) is 5.92 Å². The first kappa shape index (κ1) is 19.1. The predicted molar refractivity (Wildman–Crippen MR) is 112 cm³/mol. The lowest BCUT2D eigenvalue weighted by molar-refractivity contribution is 0.0973. The number of amides is 1. The van der Waals surface area contributed by atoms with Gasteiger partial charge in [0.25, 0.3) is 11.5 Å². The Kier molecular flexibility index (Phi) is 5.79. The number of benzene rings is 1. The second kappa shape index (κ2) is 8.82. The highest BCUT2D eigenvalue weighted by molar-refractivity contribution is 6.04. The molecule has 2 aromatic heterocycles. The van der Waals surface area contributed by atoms with E-state index < -0.39 is 0 Å². The maximum absolute atomic E-state index is 13.4. The van der Waals surface area contributed by atoms with Gasteiger partial charge in [-0.1, -0.05) is 43.5 Å². The van der Waals surface area contributed by atoms with Crippen LogP contribution in [-0.2, 0) is 0 Å². The Balaban J connectivity index is 1.68. The Hall–Kier alpha value is -3.28. The van der Waals surface area contributed by atoms with Gasteiger partial charge in [-0.15, -0.1) is 0 Å². The predicted octanol–water partition coefficient (Wildman–Crippen LogP) is 3.85. The average molecular weight is 388 g/mol. The van der Waals surface area contributed by atoms with Gasteiger partial charge in [0.15, 0.2) is 0 Å². The monoisotopic (exact) mass is 388 g/mol. The lowest BCUT2D eigenvalue weighted by atomic mass is 9.89. The Morgan fingerprint density at radius 3 is 2.45 bits per heavy atom. The van der Waals surface area contributed by atoms with Crippen LogP contribution < -0.4 is 10.5 Å². The molecule has 1 aliphatic rings. The molecule has 6 nitrogen and oxygen atoms in total. The van der Waals surface area contributed by atoms with E-state index in [2.05, 4.69) is 10.1 Å². The van der Waals surface area contributed by atoms with E-state index in [1.807, 2.05) is 36.4 Å². The molecule has 0 unspecified atom stereocenters. The molecule has 1 aromatic carbocycles. The summed E-state index contributed by atoms with van der Waals surface area (Å²) in [5.41, 5.74) is 0.586. The quantitative estimate of drug-likeness (QED) is 0.666. The van der Waals surface area contributed by atoms with Crippen LogP contribution in [0.15, 0.2) is 71.7 Å². The highest BCUT2D eigenvalue weighted by atomic mass is 16.2. The molecule has 1 aliphatic carbocycles. The van der Waals surface area contributed by atoms with Crippen LogP contribution in [0, 0.1) is 5.92 Å². The molecule has 3 aromatic rings. The molecule has 0 bridgehead atoms. The van der Waals surface area contributed by atoms with Crippen LogP contribution in [0.2, 0.25) is 0 Å². The molecule has 1 fully saturated rings. The summed E-state index contributed by atoms with van der Waals surface area (Å²) in [6.07, 6.45) is 7.59. The molecule has 1 saturated carbocycles. The fourth-order valence-corrected chi connectivity index (χ4v) is 3.84. The maximum Gasteiger partial charge on any atom is 0.279 e. The molecule has 0 atom stereocenters. The summed E-state index contributed by atoms with van der Waals surface area (Å²) in [5.74, 6) is 0.830. The molecule has 29 heavy (non-hydrogen) atoms. The number of rotatable bonds is 5. The van der Waals surface area contributed by atoms with E-state index in [0.29, 0.717) is 24.0 Å². The van der Waals surface area contributed by atoms with Crippen LogP contribution in [0.1, 0.15) is 42.6 Å². The number of carbonyl (C=O) groups excluding carboxylic acids is 1. The molecule has 0 spiro atoms. The summed E-state index contributed by atoms with van der Waals surface area (Å²) in [6, 6.07) is 17.6. The average Bonchev–Trinajstić information content (AvgIpc) is 2.79. The largest absolute Gasteiger partial charge is 0.291 e. The molecule has 0 N–H and O–H groups in total. The molecule has 148 valence electrons. The Morgan fingerprint density at radius 2 is 1.72 bits per heavy atom. The molecule has 2 heterocycles. The van der Waals surface area contributed by atoms with Gasteiger partial charge in [0.05, 0.1) is 5.69 Å². The van der Waals surface area contributed by atoms with Gasteiger partial charge in [-0.3, -0.25) is 14.5 Å². The van der Waals surface area contributed by atoms with Crippen molar-refractivity contribution in [3.8, 4) is 5.69 Å². The lowest BCUT2D eigenvalue weighted by Crippen LogP contribution is -2.38. The van der Waals surface area contributed by atoms with Crippen LogP contribution in [0.25, 0.3) is 5.69 Å². The third-order valence-electron chi connectivity index (χ3n) is 5.36. The molecular formula is C23H24N4O2. The van der Waals surface area contributed by atoms with Crippen molar-refractivity contribution >= 4 is 11.7 Å². The fraction of sp³-hybridized carbons (Fsp3) is 0.304. The standard InChI is InChI=1S/C23H24N4O2/c28-22-15-14-20(25-27(22)19-11-5-2-6-12-19)23(29)26(21-13-7-8-16-24-21)17-18-9-3-1-4-10-18/h2,5-8,11-16,18H,1,3-4,9-10,17H2. The highest BCUT2D eigenvalue weighted by Crippen LogP contribution is 2.26. The molecule has 0 radical (unpaired) electrons. The zero-order valence-electron chi connectivity index (χ0n) is 16.3. The molecule has 0 saturated heterocycles. The zero-order valence-corrected chi connectivity index (χ0v) is 16.3. The van der Waals surface area contributed by atoms with Crippen LogP contribution in [-0.4, -0.2) is 27.2 Å². The summed E-state index contributed by atoms with van der Waals surface area (Å²) in [6.45, 7) is 0.613. The van der Waals surface area contributed by atoms with E-state index in [1.165, 1.54) is 36.1 Å². The number of aromatic nitrogens is 3. The van der Waals surface area contributed by atoms with Gasteiger partial charge >= 0.3 is 0 Å². The van der Waals surface area contributed by atoms with Gasteiger partial charge in [0, 0.05) is 18.8 Å².